The summed E-state index contributed by atoms with van der Waals surface area (Å²) in [5.41, 5.74) is 8.11. The van der Waals surface area contributed by atoms with E-state index >= 15 is 0 Å². The number of aromatic nitrogens is 1. The molecule has 3 nitrogen and oxygen atoms in total. The van der Waals surface area contributed by atoms with Gasteiger partial charge in [0.05, 0.1) is 0 Å². The van der Waals surface area contributed by atoms with Crippen LogP contribution in [0.2, 0.25) is 0 Å². The Morgan fingerprint density at radius 3 is 2.76 bits per heavy atom. The first-order valence-corrected chi connectivity index (χ1v) is 5.98. The predicted molar refractivity (Wildman–Crippen MR) is 68.0 cm³/mol. The second-order valence-corrected chi connectivity index (χ2v) is 4.98. The maximum atomic E-state index is 9.83. The van der Waals surface area contributed by atoms with Crippen LogP contribution in [0.3, 0.4) is 0 Å². The third-order valence-corrected chi connectivity index (χ3v) is 3.95. The van der Waals surface area contributed by atoms with Crippen molar-refractivity contribution in [2.24, 2.45) is 5.73 Å². The summed E-state index contributed by atoms with van der Waals surface area (Å²) < 4.78 is 0. The molecule has 1 atom stereocenters. The minimum atomic E-state index is 0.0922. The van der Waals surface area contributed by atoms with E-state index in [4.69, 9.17) is 5.73 Å². The topological polar surface area (TPSA) is 59.1 Å². The van der Waals surface area contributed by atoms with Crippen LogP contribution in [-0.2, 0) is 5.41 Å². The number of aromatic hydroxyl groups is 1. The largest absolute Gasteiger partial charge is 0.506 e. The van der Waals surface area contributed by atoms with Crippen LogP contribution in [0.5, 0.6) is 5.75 Å². The van der Waals surface area contributed by atoms with Crippen molar-refractivity contribution in [2.75, 3.05) is 0 Å². The summed E-state index contributed by atoms with van der Waals surface area (Å²) in [6, 6.07) is 7.78. The van der Waals surface area contributed by atoms with Gasteiger partial charge >= 0.3 is 0 Å². The molecular formula is C14H16N2O. The molecule has 17 heavy (non-hydrogen) atoms. The molecule has 2 aromatic rings. The molecule has 1 aliphatic carbocycles. The third kappa shape index (κ3) is 1.42. The number of benzene rings is 1. The van der Waals surface area contributed by atoms with E-state index in [1.54, 1.807) is 12.3 Å². The molecule has 1 heterocycles. The molecule has 88 valence electrons. The molecule has 1 fully saturated rings. The van der Waals surface area contributed by atoms with E-state index < -0.39 is 0 Å². The van der Waals surface area contributed by atoms with Crippen LogP contribution in [0.25, 0.3) is 10.9 Å². The lowest BCUT2D eigenvalue weighted by Crippen LogP contribution is -2.31. The van der Waals surface area contributed by atoms with Crippen molar-refractivity contribution < 1.29 is 5.11 Å². The van der Waals surface area contributed by atoms with Gasteiger partial charge in [-0.05, 0) is 37.5 Å². The molecule has 3 N–H and O–H groups in total. The van der Waals surface area contributed by atoms with Gasteiger partial charge in [-0.2, -0.15) is 0 Å². The van der Waals surface area contributed by atoms with E-state index in [0.29, 0.717) is 5.52 Å². The second-order valence-electron chi connectivity index (χ2n) is 4.98. The average molecular weight is 228 g/mol. The number of phenolic OH excluding ortho intramolecular Hbond substituents is 1. The van der Waals surface area contributed by atoms with Crippen LogP contribution in [0.15, 0.2) is 30.5 Å². The molecule has 0 radical (unpaired) electrons. The number of pyridine rings is 1. The highest BCUT2D eigenvalue weighted by Crippen LogP contribution is 2.52. The van der Waals surface area contributed by atoms with Crippen LogP contribution in [0.4, 0.5) is 0 Å². The highest BCUT2D eigenvalue weighted by molar-refractivity contribution is 5.88. The van der Waals surface area contributed by atoms with Gasteiger partial charge in [-0.25, -0.2) is 0 Å². The fraction of sp³-hybridized carbons (Fsp3) is 0.357. The monoisotopic (exact) mass is 228 g/mol. The highest BCUT2D eigenvalue weighted by Gasteiger charge is 2.48. The van der Waals surface area contributed by atoms with Crippen LogP contribution in [0.1, 0.15) is 25.3 Å². The molecule has 1 aromatic heterocycles. The number of nitrogens with two attached hydrogens (primary N) is 1. The van der Waals surface area contributed by atoms with Gasteiger partial charge in [0.15, 0.2) is 0 Å². The van der Waals surface area contributed by atoms with Gasteiger partial charge in [0, 0.05) is 23.0 Å². The Morgan fingerprint density at radius 1 is 1.35 bits per heavy atom. The fourth-order valence-electron chi connectivity index (χ4n) is 2.70. The Kier molecular flexibility index (Phi) is 2.13. The van der Waals surface area contributed by atoms with Gasteiger partial charge < -0.3 is 10.8 Å². The molecule has 0 aliphatic heterocycles. The molecule has 0 bridgehead atoms. The molecule has 1 unspecified atom stereocenters. The Bertz CT molecular complexity index is 573. The predicted octanol–water partition coefficient (Wildman–Crippen LogP) is 2.32. The summed E-state index contributed by atoms with van der Waals surface area (Å²) in [5.74, 6) is 0.241. The zero-order chi connectivity index (χ0) is 12.0. The van der Waals surface area contributed by atoms with Crippen molar-refractivity contribution in [3.8, 4) is 5.75 Å². The van der Waals surface area contributed by atoms with Crippen molar-refractivity contribution in [2.45, 2.75) is 31.2 Å². The third-order valence-electron chi connectivity index (χ3n) is 3.95. The fourth-order valence-corrected chi connectivity index (χ4v) is 2.70. The number of fused-ring (bicyclic) bond motifs is 1. The van der Waals surface area contributed by atoms with Gasteiger partial charge in [-0.3, -0.25) is 4.98 Å². The van der Waals surface area contributed by atoms with E-state index in [9.17, 15) is 5.11 Å². The highest BCUT2D eigenvalue weighted by atomic mass is 16.3. The lowest BCUT2D eigenvalue weighted by atomic mass is 9.86. The first-order valence-electron chi connectivity index (χ1n) is 5.98. The van der Waals surface area contributed by atoms with Crippen molar-refractivity contribution in [1.29, 1.82) is 0 Å². The summed E-state index contributed by atoms with van der Waals surface area (Å²) in [5, 5.41) is 10.9. The van der Waals surface area contributed by atoms with Crippen LogP contribution in [0, 0.1) is 0 Å². The summed E-state index contributed by atoms with van der Waals surface area (Å²) in [4.78, 5) is 4.25. The maximum Gasteiger partial charge on any atom is 0.141 e. The Morgan fingerprint density at radius 2 is 2.12 bits per heavy atom. The molecular weight excluding hydrogens is 212 g/mol. The van der Waals surface area contributed by atoms with Gasteiger partial charge in [-0.1, -0.05) is 12.1 Å². The van der Waals surface area contributed by atoms with Gasteiger partial charge in [0.1, 0.15) is 11.3 Å². The maximum absolute atomic E-state index is 9.83. The Hall–Kier alpha value is -1.61. The van der Waals surface area contributed by atoms with Crippen molar-refractivity contribution in [3.63, 3.8) is 0 Å². The van der Waals surface area contributed by atoms with Crippen LogP contribution < -0.4 is 5.73 Å². The molecule has 1 aromatic carbocycles. The van der Waals surface area contributed by atoms with Crippen molar-refractivity contribution in [3.05, 3.63) is 36.0 Å². The van der Waals surface area contributed by atoms with Crippen LogP contribution in [-0.4, -0.2) is 16.1 Å². The Balaban J connectivity index is 2.28. The smallest absolute Gasteiger partial charge is 0.141 e. The first kappa shape index (κ1) is 10.5. The zero-order valence-electron chi connectivity index (χ0n) is 9.85. The minimum Gasteiger partial charge on any atom is -0.506 e. The minimum absolute atomic E-state index is 0.0922. The van der Waals surface area contributed by atoms with E-state index in [-0.39, 0.29) is 17.2 Å². The SMILES string of the molecule is CC(N)C1(c2ccc(O)c3ncccc23)CC1. The second kappa shape index (κ2) is 3.44. The van der Waals surface area contributed by atoms with Crippen LogP contribution >= 0.6 is 0 Å². The molecule has 3 rings (SSSR count). The molecule has 3 heteroatoms. The zero-order valence-corrected chi connectivity index (χ0v) is 9.85. The molecule has 0 saturated heterocycles. The summed E-state index contributed by atoms with van der Waals surface area (Å²) >= 11 is 0. The number of hydrogen-bond acceptors (Lipinski definition) is 3. The van der Waals surface area contributed by atoms with E-state index in [1.807, 2.05) is 18.2 Å². The first-order chi connectivity index (χ1) is 8.15. The molecule has 0 spiro atoms. The Labute approximate surface area is 100 Å². The summed E-state index contributed by atoms with van der Waals surface area (Å²) in [6.45, 7) is 2.06. The number of phenols is 1. The van der Waals surface area contributed by atoms with Gasteiger partial charge in [0.25, 0.3) is 0 Å². The molecule has 1 saturated carbocycles. The standard InChI is InChI=1S/C14H16N2O/c1-9(15)14(6-7-14)11-4-5-12(17)13-10(11)3-2-8-16-13/h2-5,8-9,17H,6-7,15H2,1H3. The lowest BCUT2D eigenvalue weighted by molar-refractivity contribution is 0.479. The van der Waals surface area contributed by atoms with Gasteiger partial charge in [0.2, 0.25) is 0 Å². The summed E-state index contributed by atoms with van der Waals surface area (Å²) in [7, 11) is 0. The van der Waals surface area contributed by atoms with Crippen molar-refractivity contribution >= 4 is 10.9 Å². The average Bonchev–Trinajstić information content (AvgIpc) is 3.11. The van der Waals surface area contributed by atoms with E-state index in [1.165, 1.54) is 5.56 Å². The molecule has 0 amide bonds. The lowest BCUT2D eigenvalue weighted by Gasteiger charge is -2.22. The summed E-state index contributed by atoms with van der Waals surface area (Å²) in [6.07, 6.45) is 3.95. The molecule has 1 aliphatic rings. The van der Waals surface area contributed by atoms with Crippen molar-refractivity contribution in [1.82, 2.24) is 4.98 Å². The number of nitrogens with zero attached hydrogens (tertiary/aromatic N) is 1. The number of rotatable bonds is 2. The van der Waals surface area contributed by atoms with E-state index in [0.717, 1.165) is 18.2 Å². The quantitative estimate of drug-likeness (QED) is 0.829. The number of hydrogen-bond donors (Lipinski definition) is 2. The van der Waals surface area contributed by atoms with E-state index in [2.05, 4.69) is 11.9 Å². The normalized spacial score (nSPS) is 19.2. The van der Waals surface area contributed by atoms with Gasteiger partial charge in [-0.15, -0.1) is 0 Å².